The van der Waals surface area contributed by atoms with Gasteiger partial charge < -0.3 is 0 Å². The molecular formula is C22H19N. The van der Waals surface area contributed by atoms with Crippen LogP contribution in [0, 0.1) is 5.92 Å². The first kappa shape index (κ1) is 14.0. The van der Waals surface area contributed by atoms with Crippen LogP contribution in [-0.4, -0.2) is 5.71 Å². The molecule has 0 unspecified atom stereocenters. The van der Waals surface area contributed by atoms with Crippen LogP contribution in [0.3, 0.4) is 0 Å². The van der Waals surface area contributed by atoms with E-state index in [-0.39, 0.29) is 0 Å². The fourth-order valence-corrected chi connectivity index (χ4v) is 2.86. The zero-order valence-electron chi connectivity index (χ0n) is 13.0. The normalized spacial score (nSPS) is 14.7. The highest BCUT2D eigenvalue weighted by molar-refractivity contribution is 6.05. The van der Waals surface area contributed by atoms with Crippen molar-refractivity contribution >= 4 is 11.4 Å². The van der Waals surface area contributed by atoms with Crippen LogP contribution >= 0.6 is 0 Å². The molecule has 0 atom stereocenters. The first-order valence-corrected chi connectivity index (χ1v) is 8.20. The molecule has 3 aromatic carbocycles. The molecule has 1 nitrogen and oxygen atoms in total. The number of rotatable bonds is 4. The lowest BCUT2D eigenvalue weighted by atomic mass is 10.0. The highest BCUT2D eigenvalue weighted by atomic mass is 14.8. The summed E-state index contributed by atoms with van der Waals surface area (Å²) in [6.45, 7) is 0. The van der Waals surface area contributed by atoms with Crippen molar-refractivity contribution in [2.45, 2.75) is 12.8 Å². The molecule has 1 aliphatic carbocycles. The molecule has 1 fully saturated rings. The quantitative estimate of drug-likeness (QED) is 0.533. The summed E-state index contributed by atoms with van der Waals surface area (Å²) < 4.78 is 0. The average molecular weight is 297 g/mol. The first-order valence-electron chi connectivity index (χ1n) is 8.20. The molecule has 1 heteroatoms. The molecule has 0 aliphatic heterocycles. The molecule has 112 valence electrons. The molecule has 0 amide bonds. The lowest BCUT2D eigenvalue weighted by Gasteiger charge is -2.06. The van der Waals surface area contributed by atoms with Gasteiger partial charge >= 0.3 is 0 Å². The third-order valence-electron chi connectivity index (χ3n) is 4.26. The van der Waals surface area contributed by atoms with Crippen molar-refractivity contribution in [3.05, 3.63) is 90.5 Å². The Morgan fingerprint density at radius 3 is 1.83 bits per heavy atom. The van der Waals surface area contributed by atoms with Gasteiger partial charge in [-0.3, -0.25) is 4.99 Å². The molecule has 0 spiro atoms. The highest BCUT2D eigenvalue weighted by Crippen LogP contribution is 2.35. The van der Waals surface area contributed by atoms with Gasteiger partial charge in [0.25, 0.3) is 0 Å². The molecule has 23 heavy (non-hydrogen) atoms. The van der Waals surface area contributed by atoms with E-state index < -0.39 is 0 Å². The predicted octanol–water partition coefficient (Wildman–Crippen LogP) is 5.88. The lowest BCUT2D eigenvalue weighted by Crippen LogP contribution is -2.02. The summed E-state index contributed by atoms with van der Waals surface area (Å²) in [5.74, 6) is 0.631. The van der Waals surface area contributed by atoms with Crippen molar-refractivity contribution in [1.82, 2.24) is 0 Å². The molecule has 0 heterocycles. The van der Waals surface area contributed by atoms with E-state index in [9.17, 15) is 0 Å². The Hall–Kier alpha value is -2.67. The fourth-order valence-electron chi connectivity index (χ4n) is 2.86. The van der Waals surface area contributed by atoms with Crippen LogP contribution in [0.25, 0.3) is 11.1 Å². The highest BCUT2D eigenvalue weighted by Gasteiger charge is 2.28. The number of hydrogen-bond acceptors (Lipinski definition) is 1. The van der Waals surface area contributed by atoms with Gasteiger partial charge in [0.05, 0.1) is 11.4 Å². The predicted molar refractivity (Wildman–Crippen MR) is 97.2 cm³/mol. The van der Waals surface area contributed by atoms with Crippen molar-refractivity contribution in [1.29, 1.82) is 0 Å². The summed E-state index contributed by atoms with van der Waals surface area (Å²) in [6, 6.07) is 29.6. The van der Waals surface area contributed by atoms with Crippen molar-refractivity contribution < 1.29 is 0 Å². The number of hydrogen-bond donors (Lipinski definition) is 0. The molecule has 0 saturated heterocycles. The minimum atomic E-state index is 0.631. The second-order valence-electron chi connectivity index (χ2n) is 6.05. The Bertz CT molecular complexity index is 798. The van der Waals surface area contributed by atoms with Crippen LogP contribution in [0.1, 0.15) is 18.4 Å². The molecular weight excluding hydrogens is 278 g/mol. The fraction of sp³-hybridized carbons (Fsp3) is 0.136. The molecule has 1 aliphatic rings. The van der Waals surface area contributed by atoms with Gasteiger partial charge in [0, 0.05) is 5.92 Å². The van der Waals surface area contributed by atoms with E-state index in [1.807, 2.05) is 6.07 Å². The van der Waals surface area contributed by atoms with E-state index in [1.54, 1.807) is 0 Å². The van der Waals surface area contributed by atoms with Gasteiger partial charge in [-0.2, -0.15) is 0 Å². The topological polar surface area (TPSA) is 12.4 Å². The van der Waals surface area contributed by atoms with Crippen molar-refractivity contribution in [2.75, 3.05) is 0 Å². The number of benzene rings is 3. The summed E-state index contributed by atoms with van der Waals surface area (Å²) in [5, 5.41) is 0. The van der Waals surface area contributed by atoms with Crippen LogP contribution in [0.4, 0.5) is 5.69 Å². The standard InChI is InChI=1S/C22H19N/c1-3-7-17(8-4-1)18-13-15-21(16-14-18)23-22(20-11-12-20)19-9-5-2-6-10-19/h1-10,13-16,20H,11-12H2. The van der Waals surface area contributed by atoms with E-state index in [0.717, 1.165) is 5.69 Å². The van der Waals surface area contributed by atoms with Crippen LogP contribution in [0.2, 0.25) is 0 Å². The van der Waals surface area contributed by atoms with Gasteiger partial charge in [0.2, 0.25) is 0 Å². The van der Waals surface area contributed by atoms with Crippen LogP contribution in [0.15, 0.2) is 89.9 Å². The van der Waals surface area contributed by atoms with E-state index >= 15 is 0 Å². The zero-order chi connectivity index (χ0) is 15.5. The molecule has 0 N–H and O–H groups in total. The molecule has 4 rings (SSSR count). The summed E-state index contributed by atoms with van der Waals surface area (Å²) in [5.41, 5.74) is 6.00. The average Bonchev–Trinajstić information content (AvgIpc) is 3.47. The minimum absolute atomic E-state index is 0.631. The van der Waals surface area contributed by atoms with Crippen molar-refractivity contribution in [2.24, 2.45) is 10.9 Å². The SMILES string of the molecule is c1ccc(C(=Nc2ccc(-c3ccccc3)cc2)C2CC2)cc1. The third kappa shape index (κ3) is 3.24. The molecule has 0 bridgehead atoms. The maximum absolute atomic E-state index is 4.94. The number of aliphatic imine (C=N–C) groups is 1. The maximum atomic E-state index is 4.94. The molecule has 0 radical (unpaired) electrons. The molecule has 3 aromatic rings. The summed E-state index contributed by atoms with van der Waals surface area (Å²) in [4.78, 5) is 4.94. The van der Waals surface area contributed by atoms with Gasteiger partial charge in [0.15, 0.2) is 0 Å². The zero-order valence-corrected chi connectivity index (χ0v) is 13.0. The lowest BCUT2D eigenvalue weighted by molar-refractivity contribution is 1.18. The monoisotopic (exact) mass is 297 g/mol. The van der Waals surface area contributed by atoms with Gasteiger partial charge in [-0.15, -0.1) is 0 Å². The van der Waals surface area contributed by atoms with Crippen LogP contribution < -0.4 is 0 Å². The van der Waals surface area contributed by atoms with Crippen molar-refractivity contribution in [3.63, 3.8) is 0 Å². The molecule has 0 aromatic heterocycles. The van der Waals surface area contributed by atoms with Crippen molar-refractivity contribution in [3.8, 4) is 11.1 Å². The largest absolute Gasteiger partial charge is 0.253 e. The van der Waals surface area contributed by atoms with E-state index in [1.165, 1.54) is 35.2 Å². The second kappa shape index (κ2) is 6.21. The Balaban J connectivity index is 1.65. The first-order chi connectivity index (χ1) is 11.4. The maximum Gasteiger partial charge on any atom is 0.0633 e. The Labute approximate surface area is 137 Å². The molecule has 1 saturated carbocycles. The van der Waals surface area contributed by atoms with Gasteiger partial charge in [-0.05, 0) is 41.7 Å². The number of nitrogens with zero attached hydrogens (tertiary/aromatic N) is 1. The van der Waals surface area contributed by atoms with E-state index in [4.69, 9.17) is 4.99 Å². The minimum Gasteiger partial charge on any atom is -0.253 e. The van der Waals surface area contributed by atoms with Gasteiger partial charge in [-0.1, -0.05) is 72.8 Å². The van der Waals surface area contributed by atoms with E-state index in [2.05, 4.69) is 78.9 Å². The van der Waals surface area contributed by atoms with E-state index in [0.29, 0.717) is 5.92 Å². The van der Waals surface area contributed by atoms with Crippen LogP contribution in [-0.2, 0) is 0 Å². The Kier molecular flexibility index (Phi) is 3.77. The summed E-state index contributed by atoms with van der Waals surface area (Å²) in [7, 11) is 0. The van der Waals surface area contributed by atoms with Gasteiger partial charge in [0.1, 0.15) is 0 Å². The smallest absolute Gasteiger partial charge is 0.0633 e. The Morgan fingerprint density at radius 1 is 0.652 bits per heavy atom. The van der Waals surface area contributed by atoms with Crippen LogP contribution in [0.5, 0.6) is 0 Å². The third-order valence-corrected chi connectivity index (χ3v) is 4.26. The Morgan fingerprint density at radius 2 is 1.22 bits per heavy atom. The summed E-state index contributed by atoms with van der Waals surface area (Å²) >= 11 is 0. The second-order valence-corrected chi connectivity index (χ2v) is 6.05. The summed E-state index contributed by atoms with van der Waals surface area (Å²) in [6.07, 6.45) is 2.52. The van der Waals surface area contributed by atoms with Gasteiger partial charge in [-0.25, -0.2) is 0 Å².